The predicted octanol–water partition coefficient (Wildman–Crippen LogP) is 5.23. The zero-order valence-electron chi connectivity index (χ0n) is 17.1. The van der Waals surface area contributed by atoms with Gasteiger partial charge in [-0.2, -0.15) is 0 Å². The van der Waals surface area contributed by atoms with Gasteiger partial charge in [-0.05, 0) is 85.0 Å². The summed E-state index contributed by atoms with van der Waals surface area (Å²) in [6.45, 7) is 2.47. The summed E-state index contributed by atoms with van der Waals surface area (Å²) < 4.78 is 5.90. The van der Waals surface area contributed by atoms with Gasteiger partial charge in [-0.25, -0.2) is 0 Å². The number of ether oxygens (including phenoxy) is 1. The van der Waals surface area contributed by atoms with Crippen molar-refractivity contribution >= 4 is 16.7 Å². The van der Waals surface area contributed by atoms with Crippen LogP contribution in [-0.4, -0.2) is 18.6 Å². The van der Waals surface area contributed by atoms with E-state index in [1.807, 2.05) is 13.0 Å². The average molecular weight is 388 g/mol. The molecule has 150 valence electrons. The Balaban J connectivity index is 1.26. The van der Waals surface area contributed by atoms with Crippen LogP contribution in [0.15, 0.2) is 60.7 Å². The number of amides is 1. The molecule has 3 heteroatoms. The van der Waals surface area contributed by atoms with Crippen LogP contribution in [0.25, 0.3) is 10.8 Å². The third-order valence-corrected chi connectivity index (χ3v) is 5.80. The van der Waals surface area contributed by atoms with Crippen molar-refractivity contribution in [3.63, 3.8) is 0 Å². The third-order valence-electron chi connectivity index (χ3n) is 5.80. The topological polar surface area (TPSA) is 38.3 Å². The molecule has 0 saturated heterocycles. The van der Waals surface area contributed by atoms with Crippen molar-refractivity contribution in [3.05, 3.63) is 77.4 Å². The van der Waals surface area contributed by atoms with E-state index in [9.17, 15) is 4.79 Å². The summed E-state index contributed by atoms with van der Waals surface area (Å²) in [5.74, 6) is 0.740. The first kappa shape index (κ1) is 19.5. The Bertz CT molecular complexity index is 990. The van der Waals surface area contributed by atoms with Gasteiger partial charge in [0.25, 0.3) is 5.91 Å². The Morgan fingerprint density at radius 2 is 1.79 bits per heavy atom. The van der Waals surface area contributed by atoms with Gasteiger partial charge in [-0.15, -0.1) is 0 Å². The zero-order chi connectivity index (χ0) is 20.1. The summed E-state index contributed by atoms with van der Waals surface area (Å²) in [6.07, 6.45) is 6.14. The van der Waals surface area contributed by atoms with Crippen LogP contribution in [0.5, 0.6) is 5.75 Å². The van der Waals surface area contributed by atoms with E-state index in [0.29, 0.717) is 6.54 Å². The maximum atomic E-state index is 12.4. The summed E-state index contributed by atoms with van der Waals surface area (Å²) in [5.41, 5.74) is 4.13. The van der Waals surface area contributed by atoms with Gasteiger partial charge in [-0.3, -0.25) is 4.79 Å². The van der Waals surface area contributed by atoms with Gasteiger partial charge < -0.3 is 10.1 Å². The van der Waals surface area contributed by atoms with Gasteiger partial charge in [0, 0.05) is 6.54 Å². The number of hydrogen-bond donors (Lipinski definition) is 1. The third kappa shape index (κ3) is 4.79. The number of rotatable bonds is 7. The molecule has 1 amide bonds. The highest BCUT2D eigenvalue weighted by Crippen LogP contribution is 2.26. The molecule has 29 heavy (non-hydrogen) atoms. The van der Waals surface area contributed by atoms with Crippen LogP contribution in [0.1, 0.15) is 42.9 Å². The highest BCUT2D eigenvalue weighted by Gasteiger charge is 2.16. The first-order chi connectivity index (χ1) is 14.2. The van der Waals surface area contributed by atoms with Crippen LogP contribution in [0.3, 0.4) is 0 Å². The lowest BCUT2D eigenvalue weighted by Gasteiger charge is -2.19. The lowest BCUT2D eigenvalue weighted by molar-refractivity contribution is -0.127. The molecule has 0 radical (unpaired) electrons. The van der Waals surface area contributed by atoms with Crippen LogP contribution in [-0.2, 0) is 24.1 Å². The highest BCUT2D eigenvalue weighted by atomic mass is 16.5. The molecule has 3 nitrogen and oxygen atoms in total. The zero-order valence-corrected chi connectivity index (χ0v) is 17.1. The monoisotopic (exact) mass is 387 g/mol. The number of benzene rings is 3. The molecule has 1 aliphatic carbocycles. The number of carbonyl (C=O) groups excluding carboxylic acids is 1. The lowest BCUT2D eigenvalue weighted by Crippen LogP contribution is -2.37. The van der Waals surface area contributed by atoms with E-state index in [-0.39, 0.29) is 5.91 Å². The Kier molecular flexibility index (Phi) is 6.14. The van der Waals surface area contributed by atoms with Crippen molar-refractivity contribution in [2.24, 2.45) is 0 Å². The highest BCUT2D eigenvalue weighted by molar-refractivity contribution is 5.85. The summed E-state index contributed by atoms with van der Waals surface area (Å²) in [5, 5.41) is 5.58. The lowest BCUT2D eigenvalue weighted by atomic mass is 9.92. The quantitative estimate of drug-likeness (QED) is 0.564. The largest absolute Gasteiger partial charge is 0.481 e. The number of hydrogen-bond acceptors (Lipinski definition) is 2. The van der Waals surface area contributed by atoms with Crippen LogP contribution >= 0.6 is 0 Å². The maximum absolute atomic E-state index is 12.4. The van der Waals surface area contributed by atoms with E-state index in [0.717, 1.165) is 31.4 Å². The van der Waals surface area contributed by atoms with E-state index in [1.165, 1.54) is 40.3 Å². The van der Waals surface area contributed by atoms with Gasteiger partial charge in [0.1, 0.15) is 5.75 Å². The second-order valence-corrected chi connectivity index (χ2v) is 7.93. The number of carbonyl (C=O) groups is 1. The standard InChI is InChI=1S/C26H29NO2/c1-19(29-24-16-15-20-8-2-3-10-23(20)18-24)26(28)27-17-7-13-22-12-6-11-21-9-4-5-14-25(21)22/h4-6,9,11-12,14-16,18-19H,2-3,7-8,10,13,17H2,1H3,(H,27,28)/t19-/m1/s1. The van der Waals surface area contributed by atoms with Crippen molar-refractivity contribution in [3.8, 4) is 5.75 Å². The molecule has 3 aromatic rings. The van der Waals surface area contributed by atoms with E-state index in [1.54, 1.807) is 0 Å². The number of aryl methyl sites for hydroxylation is 3. The molecule has 0 aliphatic heterocycles. The molecular weight excluding hydrogens is 358 g/mol. The summed E-state index contributed by atoms with van der Waals surface area (Å²) in [6, 6.07) is 21.1. The molecule has 1 aliphatic rings. The second kappa shape index (κ2) is 9.13. The van der Waals surface area contributed by atoms with Crippen LogP contribution in [0.4, 0.5) is 0 Å². The van der Waals surface area contributed by atoms with Crippen LogP contribution in [0, 0.1) is 0 Å². The first-order valence-electron chi connectivity index (χ1n) is 10.7. The normalized spacial score (nSPS) is 14.2. The molecule has 0 fully saturated rings. The molecule has 0 heterocycles. The Morgan fingerprint density at radius 3 is 2.69 bits per heavy atom. The van der Waals surface area contributed by atoms with Crippen LogP contribution < -0.4 is 10.1 Å². The molecule has 0 spiro atoms. The van der Waals surface area contributed by atoms with Crippen molar-refractivity contribution in [1.29, 1.82) is 0 Å². The van der Waals surface area contributed by atoms with E-state index in [2.05, 4.69) is 59.9 Å². The Morgan fingerprint density at radius 1 is 1.00 bits per heavy atom. The average Bonchev–Trinajstić information content (AvgIpc) is 2.76. The van der Waals surface area contributed by atoms with Crippen molar-refractivity contribution in [1.82, 2.24) is 5.32 Å². The van der Waals surface area contributed by atoms with Gasteiger partial charge in [0.15, 0.2) is 6.10 Å². The molecule has 0 unspecified atom stereocenters. The van der Waals surface area contributed by atoms with Gasteiger partial charge in [0.2, 0.25) is 0 Å². The minimum atomic E-state index is -0.491. The Hall–Kier alpha value is -2.81. The maximum Gasteiger partial charge on any atom is 0.260 e. The smallest absolute Gasteiger partial charge is 0.260 e. The van der Waals surface area contributed by atoms with Crippen molar-refractivity contribution < 1.29 is 9.53 Å². The van der Waals surface area contributed by atoms with Crippen molar-refractivity contribution in [2.75, 3.05) is 6.54 Å². The Labute approximate surface area is 173 Å². The summed E-state index contributed by atoms with van der Waals surface area (Å²) in [7, 11) is 0. The minimum absolute atomic E-state index is 0.0550. The predicted molar refractivity (Wildman–Crippen MR) is 118 cm³/mol. The van der Waals surface area contributed by atoms with Gasteiger partial charge in [-0.1, -0.05) is 48.5 Å². The van der Waals surface area contributed by atoms with Crippen molar-refractivity contribution in [2.45, 2.75) is 51.6 Å². The fraction of sp³-hybridized carbons (Fsp3) is 0.346. The summed E-state index contributed by atoms with van der Waals surface area (Å²) >= 11 is 0. The second-order valence-electron chi connectivity index (χ2n) is 7.93. The molecular formula is C26H29NO2. The first-order valence-corrected chi connectivity index (χ1v) is 10.7. The molecule has 1 N–H and O–H groups in total. The molecule has 1 atom stereocenters. The molecule has 0 aromatic heterocycles. The molecule has 3 aromatic carbocycles. The van der Waals surface area contributed by atoms with Crippen LogP contribution in [0.2, 0.25) is 0 Å². The van der Waals surface area contributed by atoms with E-state index >= 15 is 0 Å². The summed E-state index contributed by atoms with van der Waals surface area (Å²) in [4.78, 5) is 12.4. The SMILES string of the molecule is C[C@@H](Oc1ccc2c(c1)CCCC2)C(=O)NCCCc1cccc2ccccc12. The minimum Gasteiger partial charge on any atom is -0.481 e. The molecule has 4 rings (SSSR count). The number of nitrogens with one attached hydrogen (secondary N) is 1. The fourth-order valence-electron chi connectivity index (χ4n) is 4.19. The van der Waals surface area contributed by atoms with E-state index < -0.39 is 6.10 Å². The number of fused-ring (bicyclic) bond motifs is 2. The van der Waals surface area contributed by atoms with Gasteiger partial charge in [0.05, 0.1) is 0 Å². The molecule has 0 saturated carbocycles. The fourth-order valence-corrected chi connectivity index (χ4v) is 4.19. The van der Waals surface area contributed by atoms with Gasteiger partial charge >= 0.3 is 0 Å². The molecule has 0 bridgehead atoms. The van der Waals surface area contributed by atoms with E-state index in [4.69, 9.17) is 4.74 Å².